The minimum Gasteiger partial charge on any atom is -0.354 e. The number of halogens is 3. The summed E-state index contributed by atoms with van der Waals surface area (Å²) in [7, 11) is 1.31. The van der Waals surface area contributed by atoms with Crippen molar-refractivity contribution in [1.82, 2.24) is 15.1 Å². The van der Waals surface area contributed by atoms with Crippen LogP contribution in [0, 0.1) is 0 Å². The molecule has 0 fully saturated rings. The van der Waals surface area contributed by atoms with Gasteiger partial charge < -0.3 is 10.6 Å². The van der Waals surface area contributed by atoms with Crippen molar-refractivity contribution in [1.29, 1.82) is 0 Å². The van der Waals surface area contributed by atoms with Gasteiger partial charge in [0.15, 0.2) is 5.69 Å². The van der Waals surface area contributed by atoms with Crippen LogP contribution in [0.3, 0.4) is 0 Å². The van der Waals surface area contributed by atoms with Gasteiger partial charge in [0, 0.05) is 19.8 Å². The summed E-state index contributed by atoms with van der Waals surface area (Å²) in [5.41, 5.74) is -0.546. The summed E-state index contributed by atoms with van der Waals surface area (Å²) in [4.78, 5) is 22.2. The van der Waals surface area contributed by atoms with E-state index in [9.17, 15) is 22.8 Å². The molecule has 6 nitrogen and oxygen atoms in total. The lowest BCUT2D eigenvalue weighted by Crippen LogP contribution is -2.31. The number of aromatic nitrogens is 2. The fraction of sp³-hybridized carbons (Fsp3) is 0.444. The number of anilines is 1. The Balaban J connectivity index is 3.04. The summed E-state index contributed by atoms with van der Waals surface area (Å²) in [6, 6.07) is 0. The van der Waals surface area contributed by atoms with Gasteiger partial charge in [-0.1, -0.05) is 0 Å². The standard InChI is InChI=1S/C9H11F3N4O2/c1-3-16-4-5(6(15-16)7(17)13-2)14-8(18)9(10,11)12/h4H,3H2,1-2H3,(H,13,17)(H,14,18). The topological polar surface area (TPSA) is 76.0 Å². The molecule has 0 aliphatic carbocycles. The maximum Gasteiger partial charge on any atom is 0.471 e. The Hall–Kier alpha value is -2.06. The summed E-state index contributed by atoms with van der Waals surface area (Å²) in [6.45, 7) is 2.04. The summed E-state index contributed by atoms with van der Waals surface area (Å²) in [5.74, 6) is -2.83. The van der Waals surface area contributed by atoms with E-state index in [0.29, 0.717) is 6.54 Å². The lowest BCUT2D eigenvalue weighted by Gasteiger charge is -2.06. The molecule has 1 aromatic heterocycles. The lowest BCUT2D eigenvalue weighted by atomic mass is 10.3. The van der Waals surface area contributed by atoms with Gasteiger partial charge in [-0.3, -0.25) is 14.3 Å². The Bertz CT molecular complexity index is 467. The molecule has 0 atom stereocenters. The molecule has 0 bridgehead atoms. The van der Waals surface area contributed by atoms with Crippen molar-refractivity contribution in [2.24, 2.45) is 0 Å². The van der Waals surface area contributed by atoms with E-state index in [1.807, 2.05) is 0 Å². The van der Waals surface area contributed by atoms with Gasteiger partial charge in [-0.2, -0.15) is 18.3 Å². The maximum absolute atomic E-state index is 12.1. The molecule has 1 rings (SSSR count). The van der Waals surface area contributed by atoms with Gasteiger partial charge in [-0.25, -0.2) is 0 Å². The summed E-state index contributed by atoms with van der Waals surface area (Å²) in [6.07, 6.45) is -3.86. The molecular weight excluding hydrogens is 253 g/mol. The predicted molar refractivity (Wildman–Crippen MR) is 56.0 cm³/mol. The number of hydrogen-bond acceptors (Lipinski definition) is 3. The first-order chi connectivity index (χ1) is 8.29. The van der Waals surface area contributed by atoms with Gasteiger partial charge in [0.2, 0.25) is 0 Å². The molecule has 2 N–H and O–H groups in total. The summed E-state index contributed by atoms with van der Waals surface area (Å²) in [5, 5.41) is 7.59. The first-order valence-electron chi connectivity index (χ1n) is 4.97. The highest BCUT2D eigenvalue weighted by Crippen LogP contribution is 2.20. The molecule has 2 amide bonds. The van der Waals surface area contributed by atoms with Gasteiger partial charge in [0.1, 0.15) is 0 Å². The number of alkyl halides is 3. The van der Waals surface area contributed by atoms with Crippen LogP contribution in [-0.4, -0.2) is 34.8 Å². The van der Waals surface area contributed by atoms with E-state index < -0.39 is 18.0 Å². The highest BCUT2D eigenvalue weighted by molar-refractivity contribution is 6.03. The van der Waals surface area contributed by atoms with Crippen LogP contribution in [0.15, 0.2) is 6.20 Å². The molecule has 9 heteroatoms. The minimum atomic E-state index is -5.02. The van der Waals surface area contributed by atoms with Crippen molar-refractivity contribution in [3.63, 3.8) is 0 Å². The second-order valence-electron chi connectivity index (χ2n) is 3.28. The average Bonchev–Trinajstić information content (AvgIpc) is 2.70. The van der Waals surface area contributed by atoms with Crippen LogP contribution in [-0.2, 0) is 11.3 Å². The Morgan fingerprint density at radius 2 is 2.06 bits per heavy atom. The van der Waals surface area contributed by atoms with Crippen LogP contribution in [0.4, 0.5) is 18.9 Å². The summed E-state index contributed by atoms with van der Waals surface area (Å²) < 4.78 is 37.5. The average molecular weight is 264 g/mol. The van der Waals surface area contributed by atoms with Crippen molar-refractivity contribution in [2.75, 3.05) is 12.4 Å². The van der Waals surface area contributed by atoms with E-state index in [1.165, 1.54) is 11.7 Å². The Morgan fingerprint density at radius 1 is 1.44 bits per heavy atom. The van der Waals surface area contributed by atoms with Crippen LogP contribution < -0.4 is 10.6 Å². The maximum atomic E-state index is 12.1. The molecule has 0 aliphatic rings. The van der Waals surface area contributed by atoms with Crippen LogP contribution in [0.5, 0.6) is 0 Å². The molecule has 1 aromatic rings. The number of nitrogens with zero attached hydrogens (tertiary/aromatic N) is 2. The van der Waals surface area contributed by atoms with E-state index >= 15 is 0 Å². The predicted octanol–water partition coefficient (Wildman–Crippen LogP) is 0.763. The number of carbonyl (C=O) groups is 2. The second-order valence-corrected chi connectivity index (χ2v) is 3.28. The fourth-order valence-electron chi connectivity index (χ4n) is 1.15. The van der Waals surface area contributed by atoms with Crippen molar-refractivity contribution >= 4 is 17.5 Å². The lowest BCUT2D eigenvalue weighted by molar-refractivity contribution is -0.167. The third-order valence-corrected chi connectivity index (χ3v) is 2.03. The number of amides is 2. The molecule has 0 unspecified atom stereocenters. The number of carbonyl (C=O) groups excluding carboxylic acids is 2. The zero-order valence-corrected chi connectivity index (χ0v) is 9.63. The normalized spacial score (nSPS) is 11.2. The van der Waals surface area contributed by atoms with E-state index in [1.54, 1.807) is 12.2 Å². The van der Waals surface area contributed by atoms with Gasteiger partial charge in [-0.05, 0) is 6.92 Å². The number of hydrogen-bond donors (Lipinski definition) is 2. The Labute approximate surface area is 100 Å². The molecular formula is C9H11F3N4O2. The summed E-state index contributed by atoms with van der Waals surface area (Å²) >= 11 is 0. The van der Waals surface area contributed by atoms with E-state index in [4.69, 9.17) is 0 Å². The monoisotopic (exact) mass is 264 g/mol. The van der Waals surface area contributed by atoms with Gasteiger partial charge in [0.25, 0.3) is 5.91 Å². The number of aryl methyl sites for hydroxylation is 1. The van der Waals surface area contributed by atoms with Crippen LogP contribution in [0.1, 0.15) is 17.4 Å². The molecule has 0 aliphatic heterocycles. The van der Waals surface area contributed by atoms with Gasteiger partial charge >= 0.3 is 12.1 Å². The molecule has 0 spiro atoms. The fourth-order valence-corrected chi connectivity index (χ4v) is 1.15. The van der Waals surface area contributed by atoms with Gasteiger partial charge in [-0.15, -0.1) is 0 Å². The SMILES string of the molecule is CCn1cc(NC(=O)C(F)(F)F)c(C(=O)NC)n1. The molecule has 100 valence electrons. The number of nitrogens with one attached hydrogen (secondary N) is 2. The first kappa shape index (κ1) is 14.0. The zero-order valence-electron chi connectivity index (χ0n) is 9.63. The second kappa shape index (κ2) is 5.07. The van der Waals surface area contributed by atoms with Gasteiger partial charge in [0.05, 0.1) is 5.69 Å². The zero-order chi connectivity index (χ0) is 13.9. The molecule has 1 heterocycles. The molecule has 0 radical (unpaired) electrons. The highest BCUT2D eigenvalue weighted by Gasteiger charge is 2.39. The molecule has 0 saturated heterocycles. The largest absolute Gasteiger partial charge is 0.471 e. The van der Waals surface area contributed by atoms with Crippen LogP contribution in [0.2, 0.25) is 0 Å². The van der Waals surface area contributed by atoms with Crippen LogP contribution in [0.25, 0.3) is 0 Å². The molecule has 0 aromatic carbocycles. The van der Waals surface area contributed by atoms with E-state index in [0.717, 1.165) is 6.20 Å². The Morgan fingerprint density at radius 3 is 2.50 bits per heavy atom. The number of rotatable bonds is 3. The molecule has 18 heavy (non-hydrogen) atoms. The quantitative estimate of drug-likeness (QED) is 0.846. The third kappa shape index (κ3) is 2.99. The van der Waals surface area contributed by atoms with E-state index in [2.05, 4.69) is 10.4 Å². The first-order valence-corrected chi connectivity index (χ1v) is 4.97. The van der Waals surface area contributed by atoms with Crippen LogP contribution >= 0.6 is 0 Å². The van der Waals surface area contributed by atoms with Crippen molar-refractivity contribution in [3.8, 4) is 0 Å². The smallest absolute Gasteiger partial charge is 0.354 e. The highest BCUT2D eigenvalue weighted by atomic mass is 19.4. The third-order valence-electron chi connectivity index (χ3n) is 2.03. The molecule has 0 saturated carbocycles. The van der Waals surface area contributed by atoms with Crippen molar-refractivity contribution in [3.05, 3.63) is 11.9 Å². The van der Waals surface area contributed by atoms with Crippen molar-refractivity contribution in [2.45, 2.75) is 19.6 Å². The van der Waals surface area contributed by atoms with Crippen molar-refractivity contribution < 1.29 is 22.8 Å². The minimum absolute atomic E-state index is 0.267. The Kier molecular flexibility index (Phi) is 3.94. The van der Waals surface area contributed by atoms with E-state index in [-0.39, 0.29) is 11.4 Å².